The molecule has 19 heavy (non-hydrogen) atoms. The number of hydrogen-bond donors (Lipinski definition) is 1. The van der Waals surface area contributed by atoms with Gasteiger partial charge in [-0.05, 0) is 45.7 Å². The van der Waals surface area contributed by atoms with E-state index in [0.29, 0.717) is 0 Å². The minimum absolute atomic E-state index is 0.728. The molecule has 0 amide bonds. The second kappa shape index (κ2) is 6.73. The Morgan fingerprint density at radius 2 is 1.95 bits per heavy atom. The topological polar surface area (TPSA) is 48.6 Å². The Hall–Kier alpha value is -1.33. The van der Waals surface area contributed by atoms with E-state index in [1.54, 1.807) is 6.20 Å². The van der Waals surface area contributed by atoms with Crippen molar-refractivity contribution >= 4 is 11.5 Å². The van der Waals surface area contributed by atoms with Crippen molar-refractivity contribution in [3.63, 3.8) is 0 Å². The molecule has 106 valence electrons. The van der Waals surface area contributed by atoms with Crippen LogP contribution in [0.5, 0.6) is 0 Å². The Balaban J connectivity index is 1.74. The summed E-state index contributed by atoms with van der Waals surface area (Å²) < 4.78 is 0. The van der Waals surface area contributed by atoms with E-state index in [1.165, 1.54) is 19.5 Å². The third-order valence-corrected chi connectivity index (χ3v) is 3.55. The lowest BCUT2D eigenvalue weighted by molar-refractivity contribution is 0.242. The van der Waals surface area contributed by atoms with Crippen molar-refractivity contribution in [1.29, 1.82) is 0 Å². The molecule has 2 heterocycles. The van der Waals surface area contributed by atoms with Crippen molar-refractivity contribution in [2.75, 3.05) is 64.0 Å². The van der Waals surface area contributed by atoms with Crippen molar-refractivity contribution in [3.8, 4) is 0 Å². The maximum atomic E-state index is 5.66. The Bertz CT molecular complexity index is 368. The molecule has 1 aromatic rings. The molecule has 0 unspecified atom stereocenters. The van der Waals surface area contributed by atoms with E-state index >= 15 is 0 Å². The first-order valence-electron chi connectivity index (χ1n) is 6.99. The molecule has 1 saturated heterocycles. The van der Waals surface area contributed by atoms with Crippen molar-refractivity contribution in [2.45, 2.75) is 6.42 Å². The average Bonchev–Trinajstić information content (AvgIpc) is 2.40. The van der Waals surface area contributed by atoms with Crippen LogP contribution in [0.1, 0.15) is 6.42 Å². The summed E-state index contributed by atoms with van der Waals surface area (Å²) in [5.74, 6) is 1.04. The highest BCUT2D eigenvalue weighted by atomic mass is 15.3. The molecule has 0 saturated carbocycles. The fourth-order valence-electron chi connectivity index (χ4n) is 2.40. The van der Waals surface area contributed by atoms with Crippen LogP contribution < -0.4 is 10.6 Å². The summed E-state index contributed by atoms with van der Waals surface area (Å²) in [5.41, 5.74) is 6.39. The molecular weight excluding hydrogens is 238 g/mol. The molecule has 2 rings (SSSR count). The largest absolute Gasteiger partial charge is 0.397 e. The highest BCUT2D eigenvalue weighted by Crippen LogP contribution is 2.14. The Labute approximate surface area is 116 Å². The van der Waals surface area contributed by atoms with Gasteiger partial charge in [0.1, 0.15) is 5.82 Å². The van der Waals surface area contributed by atoms with Crippen LogP contribution in [0.3, 0.4) is 0 Å². The van der Waals surface area contributed by atoms with Gasteiger partial charge in [-0.1, -0.05) is 0 Å². The molecule has 0 spiro atoms. The SMILES string of the molecule is CN(C)CCCN1CCN(c2ccc(N)cn2)CC1. The lowest BCUT2D eigenvalue weighted by atomic mass is 10.2. The molecule has 1 aliphatic heterocycles. The molecule has 0 bridgehead atoms. The Kier molecular flexibility index (Phi) is 4.99. The van der Waals surface area contributed by atoms with Crippen LogP contribution in [0.25, 0.3) is 0 Å². The van der Waals surface area contributed by atoms with Gasteiger partial charge in [-0.3, -0.25) is 4.90 Å². The number of hydrogen-bond acceptors (Lipinski definition) is 5. The van der Waals surface area contributed by atoms with E-state index in [9.17, 15) is 0 Å². The smallest absolute Gasteiger partial charge is 0.128 e. The van der Waals surface area contributed by atoms with Crippen molar-refractivity contribution in [2.24, 2.45) is 0 Å². The third kappa shape index (κ3) is 4.36. The number of pyridine rings is 1. The summed E-state index contributed by atoms with van der Waals surface area (Å²) in [6.07, 6.45) is 2.98. The monoisotopic (exact) mass is 263 g/mol. The van der Waals surface area contributed by atoms with Crippen LogP contribution in [-0.4, -0.2) is 68.1 Å². The van der Waals surface area contributed by atoms with Crippen molar-refractivity contribution < 1.29 is 0 Å². The van der Waals surface area contributed by atoms with Gasteiger partial charge >= 0.3 is 0 Å². The molecule has 0 aliphatic carbocycles. The van der Waals surface area contributed by atoms with Gasteiger partial charge in [-0.25, -0.2) is 4.98 Å². The van der Waals surface area contributed by atoms with E-state index in [2.05, 4.69) is 33.8 Å². The lowest BCUT2D eigenvalue weighted by Gasteiger charge is -2.35. The van der Waals surface area contributed by atoms with Crippen LogP contribution in [0.15, 0.2) is 18.3 Å². The molecule has 0 aromatic carbocycles. The van der Waals surface area contributed by atoms with Gasteiger partial charge in [0.2, 0.25) is 0 Å². The van der Waals surface area contributed by atoms with Gasteiger partial charge in [-0.15, -0.1) is 0 Å². The van der Waals surface area contributed by atoms with Crippen LogP contribution in [0, 0.1) is 0 Å². The normalized spacial score (nSPS) is 17.1. The fourth-order valence-corrected chi connectivity index (χ4v) is 2.40. The molecule has 2 N–H and O–H groups in total. The van der Waals surface area contributed by atoms with Gasteiger partial charge in [0, 0.05) is 26.2 Å². The van der Waals surface area contributed by atoms with Crippen LogP contribution in [0.4, 0.5) is 11.5 Å². The van der Waals surface area contributed by atoms with E-state index in [-0.39, 0.29) is 0 Å². The number of nitrogen functional groups attached to an aromatic ring is 1. The summed E-state index contributed by atoms with van der Waals surface area (Å²) in [6, 6.07) is 3.93. The first-order valence-corrected chi connectivity index (χ1v) is 6.99. The van der Waals surface area contributed by atoms with Crippen molar-refractivity contribution in [1.82, 2.24) is 14.8 Å². The van der Waals surface area contributed by atoms with E-state index in [4.69, 9.17) is 5.73 Å². The predicted molar refractivity (Wildman–Crippen MR) is 80.5 cm³/mol. The minimum atomic E-state index is 0.728. The number of nitrogens with two attached hydrogens (primary N) is 1. The van der Waals surface area contributed by atoms with Gasteiger partial charge in [0.15, 0.2) is 0 Å². The van der Waals surface area contributed by atoms with Gasteiger partial charge in [0.05, 0.1) is 11.9 Å². The summed E-state index contributed by atoms with van der Waals surface area (Å²) in [7, 11) is 4.26. The van der Waals surface area contributed by atoms with Gasteiger partial charge in [0.25, 0.3) is 0 Å². The highest BCUT2D eigenvalue weighted by Gasteiger charge is 2.17. The fraction of sp³-hybridized carbons (Fsp3) is 0.643. The molecule has 1 fully saturated rings. The van der Waals surface area contributed by atoms with Crippen molar-refractivity contribution in [3.05, 3.63) is 18.3 Å². The summed E-state index contributed by atoms with van der Waals surface area (Å²) in [6.45, 7) is 6.72. The standard InChI is InChI=1S/C14H25N5/c1-17(2)6-3-7-18-8-10-19(11-9-18)14-5-4-13(15)12-16-14/h4-5,12H,3,6-11,15H2,1-2H3. The van der Waals surface area contributed by atoms with E-state index < -0.39 is 0 Å². The van der Waals surface area contributed by atoms with Crippen LogP contribution in [0.2, 0.25) is 0 Å². The molecule has 1 aromatic heterocycles. The summed E-state index contributed by atoms with van der Waals surface area (Å²) >= 11 is 0. The second-order valence-electron chi connectivity index (χ2n) is 5.44. The zero-order valence-electron chi connectivity index (χ0n) is 12.0. The number of piperazine rings is 1. The average molecular weight is 263 g/mol. The third-order valence-electron chi connectivity index (χ3n) is 3.55. The zero-order chi connectivity index (χ0) is 13.7. The summed E-state index contributed by atoms with van der Waals surface area (Å²) in [5, 5.41) is 0. The highest BCUT2D eigenvalue weighted by molar-refractivity contribution is 5.46. The van der Waals surface area contributed by atoms with Crippen LogP contribution >= 0.6 is 0 Å². The second-order valence-corrected chi connectivity index (χ2v) is 5.44. The molecule has 5 nitrogen and oxygen atoms in total. The molecule has 0 atom stereocenters. The molecule has 1 aliphatic rings. The molecular formula is C14H25N5. The zero-order valence-corrected chi connectivity index (χ0v) is 12.0. The quantitative estimate of drug-likeness (QED) is 0.849. The molecule has 5 heteroatoms. The van der Waals surface area contributed by atoms with Crippen LogP contribution in [-0.2, 0) is 0 Å². The first kappa shape index (κ1) is 14.1. The van der Waals surface area contributed by atoms with Gasteiger partial charge in [-0.2, -0.15) is 0 Å². The van der Waals surface area contributed by atoms with Gasteiger partial charge < -0.3 is 15.5 Å². The lowest BCUT2D eigenvalue weighted by Crippen LogP contribution is -2.47. The Morgan fingerprint density at radius 1 is 1.21 bits per heavy atom. The number of rotatable bonds is 5. The number of anilines is 2. The Morgan fingerprint density at radius 3 is 2.53 bits per heavy atom. The van der Waals surface area contributed by atoms with E-state index in [1.807, 2.05) is 12.1 Å². The molecule has 0 radical (unpaired) electrons. The summed E-state index contributed by atoms with van der Waals surface area (Å²) in [4.78, 5) is 11.5. The first-order chi connectivity index (χ1) is 9.15. The maximum absolute atomic E-state index is 5.66. The maximum Gasteiger partial charge on any atom is 0.128 e. The number of nitrogens with zero attached hydrogens (tertiary/aromatic N) is 4. The minimum Gasteiger partial charge on any atom is -0.397 e. The predicted octanol–water partition coefficient (Wildman–Crippen LogP) is 0.738. The number of aromatic nitrogens is 1. The van der Waals surface area contributed by atoms with E-state index in [0.717, 1.165) is 37.7 Å².